The summed E-state index contributed by atoms with van der Waals surface area (Å²) in [4.78, 5) is 52.6. The number of amides is 2. The van der Waals surface area contributed by atoms with Crippen molar-refractivity contribution in [2.75, 3.05) is 0 Å². The van der Waals surface area contributed by atoms with E-state index in [0.717, 1.165) is 21.3 Å². The molecule has 1 N–H and O–H groups in total. The summed E-state index contributed by atoms with van der Waals surface area (Å²) >= 11 is 6.07. The van der Waals surface area contributed by atoms with Crippen LogP contribution in [0.2, 0.25) is 0 Å². The second-order valence-corrected chi connectivity index (χ2v) is 8.24. The highest BCUT2D eigenvalue weighted by Crippen LogP contribution is 2.33. The molecule has 32 heavy (non-hydrogen) atoms. The number of nitrogens with one attached hydrogen (secondary N) is 1. The fourth-order valence-corrected chi connectivity index (χ4v) is 4.19. The van der Waals surface area contributed by atoms with Crippen LogP contribution in [-0.4, -0.2) is 35.6 Å². The predicted molar refractivity (Wildman–Crippen MR) is 122 cm³/mol. The maximum atomic E-state index is 12.7. The van der Waals surface area contributed by atoms with Crippen LogP contribution in [0.3, 0.4) is 0 Å². The number of nitro benzene ring substituents is 1. The van der Waals surface area contributed by atoms with Crippen molar-refractivity contribution >= 4 is 62.8 Å². The van der Waals surface area contributed by atoms with Gasteiger partial charge in [0.25, 0.3) is 23.1 Å². The topological polar surface area (TPSA) is 127 Å². The molecule has 0 radical (unpaired) electrons. The molecule has 1 aliphatic heterocycles. The maximum Gasteiger partial charge on any atom is 0.285 e. The average molecular weight is 467 g/mol. The number of carbonyl (C=O) groups excluding carboxylic acids is 2. The van der Waals surface area contributed by atoms with Crippen LogP contribution in [0.15, 0.2) is 64.6 Å². The first kappa shape index (κ1) is 21.3. The molecule has 0 aliphatic carbocycles. The number of fused-ring (bicyclic) bond motifs is 1. The van der Waals surface area contributed by atoms with E-state index in [1.807, 2.05) is 0 Å². The number of nitrogens with zero attached hydrogens (tertiary/aromatic N) is 4. The van der Waals surface area contributed by atoms with Crippen LogP contribution < -0.4 is 11.0 Å². The Kier molecular flexibility index (Phi) is 5.79. The van der Waals surface area contributed by atoms with Gasteiger partial charge in [0, 0.05) is 6.07 Å². The van der Waals surface area contributed by atoms with Crippen molar-refractivity contribution in [2.24, 2.45) is 0 Å². The van der Waals surface area contributed by atoms with Gasteiger partial charge in [-0.3, -0.25) is 34.5 Å². The van der Waals surface area contributed by atoms with Gasteiger partial charge in [0.15, 0.2) is 4.32 Å². The molecule has 160 valence electrons. The highest BCUT2D eigenvalue weighted by Gasteiger charge is 2.34. The summed E-state index contributed by atoms with van der Waals surface area (Å²) in [6.07, 6.45) is 2.60. The first-order valence-corrected chi connectivity index (χ1v) is 10.3. The smallest absolute Gasteiger partial charge is 0.285 e. The van der Waals surface area contributed by atoms with E-state index >= 15 is 0 Å². The summed E-state index contributed by atoms with van der Waals surface area (Å²) in [5.41, 5.74) is 2.56. The van der Waals surface area contributed by atoms with Crippen molar-refractivity contribution in [3.8, 4) is 0 Å². The number of thioether (sulfide) groups is 1. The summed E-state index contributed by atoms with van der Waals surface area (Å²) in [6, 6.07) is 12.7. The number of rotatable bonds is 5. The fourth-order valence-electron chi connectivity index (χ4n) is 3.01. The Morgan fingerprint density at radius 3 is 2.69 bits per heavy atom. The summed E-state index contributed by atoms with van der Waals surface area (Å²) in [5.74, 6) is -1.29. The molecule has 0 bridgehead atoms. The second kappa shape index (κ2) is 8.69. The van der Waals surface area contributed by atoms with Crippen LogP contribution >= 0.6 is 24.0 Å². The number of hydrogen-bond donors (Lipinski definition) is 1. The van der Waals surface area contributed by atoms with Gasteiger partial charge in [-0.05, 0) is 36.5 Å². The third-order valence-corrected chi connectivity index (χ3v) is 5.80. The number of hydrazine groups is 1. The van der Waals surface area contributed by atoms with Gasteiger partial charge in [-0.2, -0.15) is 5.01 Å². The number of benzene rings is 2. The van der Waals surface area contributed by atoms with E-state index in [1.54, 1.807) is 30.3 Å². The third kappa shape index (κ3) is 4.13. The first-order chi connectivity index (χ1) is 15.3. The molecule has 2 amide bonds. The van der Waals surface area contributed by atoms with E-state index in [4.69, 9.17) is 12.2 Å². The third-order valence-electron chi connectivity index (χ3n) is 4.50. The highest BCUT2D eigenvalue weighted by molar-refractivity contribution is 8.26. The Morgan fingerprint density at radius 1 is 1.19 bits per heavy atom. The Morgan fingerprint density at radius 2 is 1.91 bits per heavy atom. The molecule has 2 aromatic carbocycles. The van der Waals surface area contributed by atoms with Crippen LogP contribution in [0.25, 0.3) is 17.0 Å². The number of aromatic nitrogens is 2. The first-order valence-electron chi connectivity index (χ1n) is 9.10. The van der Waals surface area contributed by atoms with Crippen molar-refractivity contribution in [1.29, 1.82) is 0 Å². The molecule has 0 saturated carbocycles. The molecule has 0 spiro atoms. The van der Waals surface area contributed by atoms with Gasteiger partial charge in [-0.1, -0.05) is 36.0 Å². The zero-order chi connectivity index (χ0) is 22.8. The lowest BCUT2D eigenvalue weighted by Gasteiger charge is -2.16. The second-order valence-electron chi connectivity index (χ2n) is 6.56. The molecule has 12 heteroatoms. The number of para-hydroxylation sites is 2. The minimum atomic E-state index is -0.660. The van der Waals surface area contributed by atoms with Crippen LogP contribution in [-0.2, 0) is 16.1 Å². The maximum absolute atomic E-state index is 12.7. The van der Waals surface area contributed by atoms with E-state index in [9.17, 15) is 24.5 Å². The lowest BCUT2D eigenvalue weighted by Crippen LogP contribution is -2.46. The van der Waals surface area contributed by atoms with Crippen LogP contribution in [0.1, 0.15) is 5.56 Å². The van der Waals surface area contributed by atoms with Gasteiger partial charge >= 0.3 is 0 Å². The molecule has 1 saturated heterocycles. The number of nitro groups is 1. The molecule has 2 heterocycles. The van der Waals surface area contributed by atoms with E-state index in [1.165, 1.54) is 30.6 Å². The van der Waals surface area contributed by atoms with Crippen molar-refractivity contribution < 1.29 is 14.5 Å². The zero-order valence-electron chi connectivity index (χ0n) is 16.1. The van der Waals surface area contributed by atoms with Crippen LogP contribution in [0.5, 0.6) is 0 Å². The quantitative estimate of drug-likeness (QED) is 0.262. The molecule has 0 unspecified atom stereocenters. The Labute approximate surface area is 189 Å². The number of hydrogen-bond acceptors (Lipinski definition) is 8. The standard InChI is InChI=1S/C20H13N5O5S2/c26-17(10-23-11-21-14-7-3-2-6-13(14)18(23)27)22-24-19(28)16(32-20(24)31)9-12-5-1-4-8-15(12)25(29)30/h1-9,11H,10H2,(H,22,26)/b16-9-. The van der Waals surface area contributed by atoms with Gasteiger partial charge < -0.3 is 0 Å². The van der Waals surface area contributed by atoms with E-state index in [2.05, 4.69) is 10.4 Å². The lowest BCUT2D eigenvalue weighted by atomic mass is 10.1. The molecule has 1 aliphatic rings. The Hall–Kier alpha value is -3.90. The fraction of sp³-hybridized carbons (Fsp3) is 0.0500. The van der Waals surface area contributed by atoms with E-state index in [-0.39, 0.29) is 27.0 Å². The summed E-state index contributed by atoms with van der Waals surface area (Å²) < 4.78 is 1.18. The minimum Gasteiger partial charge on any atom is -0.289 e. The van der Waals surface area contributed by atoms with Crippen molar-refractivity contribution in [1.82, 2.24) is 20.0 Å². The Balaban J connectivity index is 1.52. The normalized spacial score (nSPS) is 14.9. The average Bonchev–Trinajstić information content (AvgIpc) is 3.03. The van der Waals surface area contributed by atoms with E-state index in [0.29, 0.717) is 10.9 Å². The molecule has 1 aromatic heterocycles. The summed E-state index contributed by atoms with van der Waals surface area (Å²) in [7, 11) is 0. The molecule has 0 atom stereocenters. The monoisotopic (exact) mass is 467 g/mol. The Bertz CT molecular complexity index is 1380. The molecule has 3 aromatic rings. The molecule has 4 rings (SSSR count). The predicted octanol–water partition coefficient (Wildman–Crippen LogP) is 2.24. The highest BCUT2D eigenvalue weighted by atomic mass is 32.2. The summed E-state index contributed by atoms with van der Waals surface area (Å²) in [5, 5.41) is 12.4. The van der Waals surface area contributed by atoms with Crippen molar-refractivity contribution in [3.05, 3.63) is 85.8 Å². The van der Waals surface area contributed by atoms with Gasteiger partial charge in [0.2, 0.25) is 0 Å². The molecule has 10 nitrogen and oxygen atoms in total. The molecule has 1 fully saturated rings. The summed E-state index contributed by atoms with van der Waals surface area (Å²) in [6.45, 7) is -0.378. The van der Waals surface area contributed by atoms with Gasteiger partial charge in [0.05, 0.1) is 32.6 Å². The zero-order valence-corrected chi connectivity index (χ0v) is 17.8. The van der Waals surface area contributed by atoms with Gasteiger partial charge in [-0.15, -0.1) is 0 Å². The van der Waals surface area contributed by atoms with Crippen LogP contribution in [0, 0.1) is 10.1 Å². The lowest BCUT2D eigenvalue weighted by molar-refractivity contribution is -0.385. The van der Waals surface area contributed by atoms with Crippen molar-refractivity contribution in [2.45, 2.75) is 6.54 Å². The molecular weight excluding hydrogens is 454 g/mol. The van der Waals surface area contributed by atoms with Crippen molar-refractivity contribution in [3.63, 3.8) is 0 Å². The van der Waals surface area contributed by atoms with Gasteiger partial charge in [0.1, 0.15) is 6.54 Å². The minimum absolute atomic E-state index is 0.0529. The number of thiocarbonyl (C=S) groups is 1. The largest absolute Gasteiger partial charge is 0.289 e. The SMILES string of the molecule is O=C(Cn1cnc2ccccc2c1=O)NN1C(=O)/C(=C/c2ccccc2[N+](=O)[O-])SC1=S. The number of carbonyl (C=O) groups is 2. The van der Waals surface area contributed by atoms with Crippen LogP contribution in [0.4, 0.5) is 5.69 Å². The molecular formula is C20H13N5O5S2. The van der Waals surface area contributed by atoms with E-state index < -0.39 is 22.3 Å². The van der Waals surface area contributed by atoms with Gasteiger partial charge in [-0.25, -0.2) is 4.98 Å².